The lowest BCUT2D eigenvalue weighted by atomic mass is 10.3. The predicted molar refractivity (Wildman–Crippen MR) is 95.7 cm³/mol. The van der Waals surface area contributed by atoms with E-state index in [-0.39, 0.29) is 11.6 Å². The summed E-state index contributed by atoms with van der Waals surface area (Å²) in [5.74, 6) is -0.834. The van der Waals surface area contributed by atoms with E-state index in [1.165, 1.54) is 12.1 Å². The molecular weight excluding hydrogens is 421 g/mol. The summed E-state index contributed by atoms with van der Waals surface area (Å²) in [4.78, 5) is 23.3. The van der Waals surface area contributed by atoms with Gasteiger partial charge in [-0.3, -0.25) is 4.79 Å². The van der Waals surface area contributed by atoms with Gasteiger partial charge in [0.15, 0.2) is 13.2 Å². The molecule has 1 N–H and O–H groups in total. The lowest BCUT2D eigenvalue weighted by Crippen LogP contribution is -2.23. The number of halogens is 3. The molecule has 1 amide bonds. The molecule has 0 saturated carbocycles. The number of benzene rings is 2. The lowest BCUT2D eigenvalue weighted by Gasteiger charge is -2.09. The number of amides is 1. The minimum absolute atomic E-state index is 0.281. The van der Waals surface area contributed by atoms with Crippen molar-refractivity contribution in [2.75, 3.05) is 18.5 Å². The fraction of sp³-hybridized carbons (Fsp3) is 0.125. The van der Waals surface area contributed by atoms with Crippen LogP contribution >= 0.6 is 39.1 Å². The molecule has 0 aliphatic heterocycles. The molecule has 8 heteroatoms. The van der Waals surface area contributed by atoms with Gasteiger partial charge in [-0.1, -0.05) is 39.1 Å². The van der Waals surface area contributed by atoms with E-state index in [1.807, 2.05) is 0 Å². The van der Waals surface area contributed by atoms with Gasteiger partial charge in [-0.2, -0.15) is 0 Å². The van der Waals surface area contributed by atoms with E-state index < -0.39 is 18.5 Å². The number of hydrogen-bond acceptors (Lipinski definition) is 4. The van der Waals surface area contributed by atoms with Gasteiger partial charge in [-0.25, -0.2) is 4.79 Å². The molecule has 0 aliphatic rings. The van der Waals surface area contributed by atoms with Gasteiger partial charge in [0.05, 0.1) is 5.02 Å². The summed E-state index contributed by atoms with van der Waals surface area (Å²) in [6.07, 6.45) is 0. The smallest absolute Gasteiger partial charge is 0.344 e. The van der Waals surface area contributed by atoms with Crippen molar-refractivity contribution in [1.29, 1.82) is 0 Å². The second-order valence-corrected chi connectivity index (χ2v) is 6.34. The average molecular weight is 433 g/mol. The Morgan fingerprint density at radius 3 is 2.42 bits per heavy atom. The fourth-order valence-electron chi connectivity index (χ4n) is 1.65. The van der Waals surface area contributed by atoms with E-state index in [0.717, 1.165) is 4.47 Å². The van der Waals surface area contributed by atoms with Crippen LogP contribution in [0, 0.1) is 0 Å². The molecule has 0 atom stereocenters. The highest BCUT2D eigenvalue weighted by atomic mass is 79.9. The topological polar surface area (TPSA) is 64.6 Å². The quantitative estimate of drug-likeness (QED) is 0.690. The molecule has 0 saturated heterocycles. The molecule has 0 bridgehead atoms. The number of esters is 1. The molecule has 2 aromatic carbocycles. The Hall–Kier alpha value is -1.76. The van der Waals surface area contributed by atoms with E-state index in [9.17, 15) is 9.59 Å². The molecule has 2 rings (SSSR count). The Balaban J connectivity index is 1.74. The summed E-state index contributed by atoms with van der Waals surface area (Å²) >= 11 is 15.0. The number of anilines is 1. The van der Waals surface area contributed by atoms with Crippen LogP contribution in [0.3, 0.4) is 0 Å². The Bertz CT molecular complexity index is 737. The van der Waals surface area contributed by atoms with Crippen LogP contribution in [0.2, 0.25) is 10.0 Å². The summed E-state index contributed by atoms with van der Waals surface area (Å²) in [7, 11) is 0. The first-order valence-electron chi connectivity index (χ1n) is 6.73. The van der Waals surface area contributed by atoms with Gasteiger partial charge in [0.25, 0.3) is 5.91 Å². The van der Waals surface area contributed by atoms with Crippen molar-refractivity contribution < 1.29 is 19.1 Å². The molecule has 0 heterocycles. The van der Waals surface area contributed by atoms with E-state index in [4.69, 9.17) is 32.7 Å². The summed E-state index contributed by atoms with van der Waals surface area (Å²) in [6.45, 7) is -0.778. The van der Waals surface area contributed by atoms with Crippen LogP contribution in [0.15, 0.2) is 46.9 Å². The zero-order valence-corrected chi connectivity index (χ0v) is 15.3. The minimum Gasteiger partial charge on any atom is -0.480 e. The second kappa shape index (κ2) is 8.92. The highest BCUT2D eigenvalue weighted by Gasteiger charge is 2.10. The predicted octanol–water partition coefficient (Wildman–Crippen LogP) is 4.32. The van der Waals surface area contributed by atoms with Gasteiger partial charge in [-0.05, 0) is 42.5 Å². The van der Waals surface area contributed by atoms with Crippen LogP contribution < -0.4 is 10.1 Å². The molecule has 0 aliphatic carbocycles. The normalized spacial score (nSPS) is 10.1. The largest absolute Gasteiger partial charge is 0.480 e. The number of ether oxygens (including phenoxy) is 2. The summed E-state index contributed by atoms with van der Waals surface area (Å²) in [6, 6.07) is 11.6. The summed E-state index contributed by atoms with van der Waals surface area (Å²) in [5, 5.41) is 3.34. The number of nitrogens with one attached hydrogen (secondary N) is 1. The zero-order valence-electron chi connectivity index (χ0n) is 12.2. The number of rotatable bonds is 6. The summed E-state index contributed by atoms with van der Waals surface area (Å²) in [5.41, 5.74) is 0.600. The molecule has 2 aromatic rings. The van der Waals surface area contributed by atoms with Crippen molar-refractivity contribution in [1.82, 2.24) is 0 Å². The highest BCUT2D eigenvalue weighted by Crippen LogP contribution is 2.27. The van der Waals surface area contributed by atoms with Crippen molar-refractivity contribution >= 4 is 56.7 Å². The summed E-state index contributed by atoms with van der Waals surface area (Å²) < 4.78 is 10.9. The molecule has 24 heavy (non-hydrogen) atoms. The molecule has 0 spiro atoms. The van der Waals surface area contributed by atoms with Crippen molar-refractivity contribution in [3.05, 3.63) is 57.0 Å². The van der Waals surface area contributed by atoms with Gasteiger partial charge in [-0.15, -0.1) is 0 Å². The van der Waals surface area contributed by atoms with E-state index in [2.05, 4.69) is 21.2 Å². The average Bonchev–Trinajstić information content (AvgIpc) is 2.54. The molecule has 0 unspecified atom stereocenters. The maximum atomic E-state index is 11.7. The van der Waals surface area contributed by atoms with Gasteiger partial charge < -0.3 is 14.8 Å². The molecule has 126 valence electrons. The third-order valence-electron chi connectivity index (χ3n) is 2.73. The third kappa shape index (κ3) is 6.03. The van der Waals surface area contributed by atoms with Gasteiger partial charge in [0.2, 0.25) is 0 Å². The standard InChI is InChI=1S/C16H12BrCl2NO4/c17-10-1-4-12(5-2-10)20-15(21)8-24-16(22)9-23-14-6-3-11(18)7-13(14)19/h1-7H,8-9H2,(H,20,21). The van der Waals surface area contributed by atoms with Crippen molar-refractivity contribution in [2.24, 2.45) is 0 Å². The number of carbonyl (C=O) groups is 2. The molecule has 0 aromatic heterocycles. The SMILES string of the molecule is O=C(COC(=O)COc1ccc(Cl)cc1Cl)Nc1ccc(Br)cc1. The Labute approximate surface area is 157 Å². The Kier molecular flexibility index (Phi) is 6.90. The molecule has 5 nitrogen and oxygen atoms in total. The van der Waals surface area contributed by atoms with Crippen molar-refractivity contribution in [2.45, 2.75) is 0 Å². The van der Waals surface area contributed by atoms with Crippen LogP contribution in [0.4, 0.5) is 5.69 Å². The van der Waals surface area contributed by atoms with Crippen LogP contribution in [-0.2, 0) is 14.3 Å². The van der Waals surface area contributed by atoms with Crippen molar-refractivity contribution in [3.8, 4) is 5.75 Å². The van der Waals surface area contributed by atoms with Crippen LogP contribution in [-0.4, -0.2) is 25.1 Å². The highest BCUT2D eigenvalue weighted by molar-refractivity contribution is 9.10. The van der Waals surface area contributed by atoms with Crippen LogP contribution in [0.1, 0.15) is 0 Å². The first-order chi connectivity index (χ1) is 11.4. The van der Waals surface area contributed by atoms with Crippen LogP contribution in [0.25, 0.3) is 0 Å². The second-order valence-electron chi connectivity index (χ2n) is 4.58. The zero-order chi connectivity index (χ0) is 17.5. The number of carbonyl (C=O) groups excluding carboxylic acids is 2. The van der Waals surface area contributed by atoms with Crippen LogP contribution in [0.5, 0.6) is 5.75 Å². The van der Waals surface area contributed by atoms with Gasteiger partial charge in [0.1, 0.15) is 5.75 Å². The maximum Gasteiger partial charge on any atom is 0.344 e. The molecule has 0 fully saturated rings. The van der Waals surface area contributed by atoms with Gasteiger partial charge in [0, 0.05) is 15.2 Å². The van der Waals surface area contributed by atoms with E-state index in [0.29, 0.717) is 16.5 Å². The molecular formula is C16H12BrCl2NO4. The third-order valence-corrected chi connectivity index (χ3v) is 3.79. The first kappa shape index (κ1) is 18.6. The monoisotopic (exact) mass is 431 g/mol. The fourth-order valence-corrected chi connectivity index (χ4v) is 2.37. The first-order valence-corrected chi connectivity index (χ1v) is 8.28. The number of hydrogen-bond donors (Lipinski definition) is 1. The van der Waals surface area contributed by atoms with Crippen molar-refractivity contribution in [3.63, 3.8) is 0 Å². The maximum absolute atomic E-state index is 11.7. The minimum atomic E-state index is -0.688. The Morgan fingerprint density at radius 1 is 1.04 bits per heavy atom. The molecule has 0 radical (unpaired) electrons. The van der Waals surface area contributed by atoms with E-state index >= 15 is 0 Å². The Morgan fingerprint density at radius 2 is 1.75 bits per heavy atom. The van der Waals surface area contributed by atoms with Gasteiger partial charge >= 0.3 is 5.97 Å². The lowest BCUT2D eigenvalue weighted by molar-refractivity contribution is -0.149. The van der Waals surface area contributed by atoms with E-state index in [1.54, 1.807) is 30.3 Å².